The van der Waals surface area contributed by atoms with Crippen LogP contribution in [0.3, 0.4) is 0 Å². The molecule has 2 amide bonds. The number of benzene rings is 2. The molecule has 2 N–H and O–H groups in total. The Morgan fingerprint density at radius 2 is 1.16 bits per heavy atom. The van der Waals surface area contributed by atoms with E-state index in [0.717, 1.165) is 70.6 Å². The Labute approximate surface area is 304 Å². The highest BCUT2D eigenvalue weighted by Crippen LogP contribution is 2.24. The molecule has 2 aromatic carbocycles. The second kappa shape index (κ2) is 22.5. The minimum absolute atomic E-state index is 0.0354. The Bertz CT molecular complexity index is 1480. The third-order valence-corrected chi connectivity index (χ3v) is 8.75. The van der Waals surface area contributed by atoms with Crippen LogP contribution in [0.15, 0.2) is 109 Å². The maximum atomic E-state index is 13.1. The molecule has 0 radical (unpaired) electrons. The van der Waals surface area contributed by atoms with Crippen LogP contribution in [0.25, 0.3) is 0 Å². The first-order valence-electron chi connectivity index (χ1n) is 18.1. The van der Waals surface area contributed by atoms with Crippen LogP contribution in [0.4, 0.5) is 0 Å². The van der Waals surface area contributed by atoms with Crippen LogP contribution in [-0.2, 0) is 9.59 Å². The maximum absolute atomic E-state index is 13.1. The predicted molar refractivity (Wildman–Crippen MR) is 207 cm³/mol. The van der Waals surface area contributed by atoms with Crippen LogP contribution in [0.2, 0.25) is 5.02 Å². The van der Waals surface area contributed by atoms with Crippen LogP contribution in [0, 0.1) is 0 Å². The molecule has 6 nitrogen and oxygen atoms in total. The van der Waals surface area contributed by atoms with Gasteiger partial charge in [0.05, 0.1) is 0 Å². The number of ketones is 1. The summed E-state index contributed by atoms with van der Waals surface area (Å²) in [6, 6.07) is 13.7. The van der Waals surface area contributed by atoms with E-state index in [1.165, 1.54) is 0 Å². The molecule has 1 aliphatic rings. The maximum Gasteiger partial charge on any atom is 0.263 e. The molecule has 0 atom stereocenters. The van der Waals surface area contributed by atoms with Gasteiger partial charge < -0.3 is 15.4 Å². The molecule has 0 bridgehead atoms. The lowest BCUT2D eigenvalue weighted by atomic mass is 9.90. The zero-order chi connectivity index (χ0) is 36.0. The van der Waals surface area contributed by atoms with Gasteiger partial charge in [0.2, 0.25) is 5.91 Å². The zero-order valence-corrected chi connectivity index (χ0v) is 30.8. The number of ether oxygens (including phenoxy) is 1. The summed E-state index contributed by atoms with van der Waals surface area (Å²) < 4.78 is 6.03. The molecule has 50 heavy (non-hydrogen) atoms. The largest absolute Gasteiger partial charge is 0.478 e. The van der Waals surface area contributed by atoms with Crippen LogP contribution in [-0.4, -0.2) is 35.3 Å². The molecule has 0 heterocycles. The van der Waals surface area contributed by atoms with E-state index in [2.05, 4.69) is 78.3 Å². The van der Waals surface area contributed by atoms with E-state index in [4.69, 9.17) is 16.3 Å². The number of carbonyl (C=O) groups excluding carboxylic acids is 3. The van der Waals surface area contributed by atoms with Crippen molar-refractivity contribution in [3.8, 4) is 5.75 Å². The molecule has 0 unspecified atom stereocenters. The van der Waals surface area contributed by atoms with Gasteiger partial charge >= 0.3 is 0 Å². The van der Waals surface area contributed by atoms with Gasteiger partial charge in [-0.15, -0.1) is 0 Å². The quantitative estimate of drug-likeness (QED) is 0.0819. The van der Waals surface area contributed by atoms with Crippen molar-refractivity contribution in [2.75, 3.05) is 0 Å². The Kier molecular flexibility index (Phi) is 18.2. The molecular formula is C43H55ClN2O4. The summed E-state index contributed by atoms with van der Waals surface area (Å²) in [4.78, 5) is 38.4. The van der Waals surface area contributed by atoms with Gasteiger partial charge in [-0.2, -0.15) is 0 Å². The second-order valence-electron chi connectivity index (χ2n) is 13.2. The highest BCUT2D eigenvalue weighted by molar-refractivity contribution is 6.30. The van der Waals surface area contributed by atoms with E-state index in [0.29, 0.717) is 28.3 Å². The molecule has 1 saturated carbocycles. The van der Waals surface area contributed by atoms with Gasteiger partial charge in [0, 0.05) is 34.7 Å². The summed E-state index contributed by atoms with van der Waals surface area (Å²) in [6.45, 7) is 5.62. The lowest BCUT2D eigenvalue weighted by Crippen LogP contribution is -2.51. The van der Waals surface area contributed by atoms with Crippen molar-refractivity contribution < 1.29 is 19.1 Å². The summed E-state index contributed by atoms with van der Waals surface area (Å²) in [5, 5.41) is 6.89. The SMILES string of the molecule is CC/C=C\C/C=C\C/C=C\C/C=C\C/C=C\CCCC(=O)N[C@H]1CC[C@H](NC(=O)C(C)(C)Oc2ccc(C(=O)c3ccc(Cl)cc3)cc2)CC1. The van der Waals surface area contributed by atoms with E-state index < -0.39 is 5.60 Å². The smallest absolute Gasteiger partial charge is 0.263 e. The summed E-state index contributed by atoms with van der Waals surface area (Å²) in [6.07, 6.45) is 32.3. The van der Waals surface area contributed by atoms with Crippen molar-refractivity contribution in [1.82, 2.24) is 10.6 Å². The monoisotopic (exact) mass is 698 g/mol. The highest BCUT2D eigenvalue weighted by Gasteiger charge is 2.33. The number of rotatable bonds is 20. The molecule has 7 heteroatoms. The van der Waals surface area contributed by atoms with Crippen molar-refractivity contribution in [3.63, 3.8) is 0 Å². The number of allylic oxidation sites excluding steroid dienone is 10. The minimum atomic E-state index is -1.10. The lowest BCUT2D eigenvalue weighted by Gasteiger charge is -2.32. The van der Waals surface area contributed by atoms with Gasteiger partial charge in [-0.25, -0.2) is 0 Å². The number of hydrogen-bond donors (Lipinski definition) is 2. The van der Waals surface area contributed by atoms with Crippen molar-refractivity contribution in [2.24, 2.45) is 0 Å². The number of nitrogens with one attached hydrogen (secondary N) is 2. The second-order valence-corrected chi connectivity index (χ2v) is 13.6. The van der Waals surface area contributed by atoms with Gasteiger partial charge in [-0.05, 0) is 133 Å². The predicted octanol–water partition coefficient (Wildman–Crippen LogP) is 10.2. The average molecular weight is 699 g/mol. The zero-order valence-electron chi connectivity index (χ0n) is 30.0. The minimum Gasteiger partial charge on any atom is -0.478 e. The Hall–Kier alpha value is -4.16. The van der Waals surface area contributed by atoms with Gasteiger partial charge in [-0.3, -0.25) is 14.4 Å². The van der Waals surface area contributed by atoms with Crippen molar-refractivity contribution in [3.05, 3.63) is 125 Å². The van der Waals surface area contributed by atoms with Gasteiger partial charge in [0.1, 0.15) is 5.75 Å². The fourth-order valence-electron chi connectivity index (χ4n) is 5.57. The fraction of sp³-hybridized carbons (Fsp3) is 0.419. The molecular weight excluding hydrogens is 644 g/mol. The van der Waals surface area contributed by atoms with E-state index >= 15 is 0 Å². The Morgan fingerprint density at radius 3 is 1.68 bits per heavy atom. The topological polar surface area (TPSA) is 84.5 Å². The van der Waals surface area contributed by atoms with Crippen molar-refractivity contribution in [2.45, 2.75) is 116 Å². The molecule has 0 saturated heterocycles. The summed E-state index contributed by atoms with van der Waals surface area (Å²) in [5.74, 6) is 0.297. The molecule has 3 rings (SSSR count). The molecule has 1 fully saturated rings. The number of amides is 2. The van der Waals surface area contributed by atoms with Crippen LogP contribution in [0.5, 0.6) is 5.75 Å². The first-order chi connectivity index (χ1) is 24.2. The normalized spacial score (nSPS) is 17.0. The van der Waals surface area contributed by atoms with Crippen molar-refractivity contribution >= 4 is 29.2 Å². The number of halogens is 1. The molecule has 0 spiro atoms. The number of unbranched alkanes of at least 4 members (excludes halogenated alkanes) is 1. The number of carbonyl (C=O) groups is 3. The molecule has 268 valence electrons. The van der Waals surface area contributed by atoms with Gasteiger partial charge in [0.25, 0.3) is 5.91 Å². The van der Waals surface area contributed by atoms with Crippen molar-refractivity contribution in [1.29, 1.82) is 0 Å². The Balaban J connectivity index is 1.25. The molecule has 1 aliphatic carbocycles. The third-order valence-electron chi connectivity index (χ3n) is 8.50. The average Bonchev–Trinajstić information content (AvgIpc) is 3.10. The van der Waals surface area contributed by atoms with Crippen LogP contribution < -0.4 is 15.4 Å². The first kappa shape index (κ1) is 40.3. The van der Waals surface area contributed by atoms with E-state index in [-0.39, 0.29) is 29.7 Å². The van der Waals surface area contributed by atoms with E-state index in [9.17, 15) is 14.4 Å². The molecule has 0 aromatic heterocycles. The summed E-state index contributed by atoms with van der Waals surface area (Å²) >= 11 is 5.93. The molecule has 0 aliphatic heterocycles. The lowest BCUT2D eigenvalue weighted by molar-refractivity contribution is -0.135. The molecule has 2 aromatic rings. The first-order valence-corrected chi connectivity index (χ1v) is 18.5. The van der Waals surface area contributed by atoms with Gasteiger partial charge in [-0.1, -0.05) is 79.3 Å². The third kappa shape index (κ3) is 15.6. The summed E-state index contributed by atoms with van der Waals surface area (Å²) in [7, 11) is 0. The summed E-state index contributed by atoms with van der Waals surface area (Å²) in [5.41, 5.74) is -0.0248. The van der Waals surface area contributed by atoms with E-state index in [1.807, 2.05) is 0 Å². The van der Waals surface area contributed by atoms with Gasteiger partial charge in [0.15, 0.2) is 11.4 Å². The number of hydrogen-bond acceptors (Lipinski definition) is 4. The standard InChI is InChI=1S/C43H55ClN2O4/c1-4-5-6-7-8-9-10-11-12-13-14-15-16-17-18-19-20-21-40(47)45-37-28-30-38(31-29-37)46-42(49)43(2,3)50-39-32-24-35(25-33-39)41(48)34-22-26-36(44)27-23-34/h5-6,8-9,11-12,14-15,17-18,22-27,32-33,37-38H,4,7,10,13,16,19-21,28-31H2,1-3H3,(H,45,47)(H,46,49)/b6-5-,9-8-,12-11-,15-14-,18-17-/t37-,38-. The van der Waals surface area contributed by atoms with Crippen LogP contribution in [0.1, 0.15) is 114 Å². The fourth-order valence-corrected chi connectivity index (χ4v) is 5.70. The van der Waals surface area contributed by atoms with Crippen LogP contribution >= 0.6 is 11.6 Å². The van der Waals surface area contributed by atoms with E-state index in [1.54, 1.807) is 62.4 Å². The highest BCUT2D eigenvalue weighted by atomic mass is 35.5. The Morgan fingerprint density at radius 1 is 0.700 bits per heavy atom.